The topological polar surface area (TPSA) is 98.2 Å². The zero-order chi connectivity index (χ0) is 21.6. The Balaban J connectivity index is 1.29. The van der Waals surface area contributed by atoms with E-state index in [9.17, 15) is 4.79 Å². The first-order valence-corrected chi connectivity index (χ1v) is 10.6. The highest BCUT2D eigenvalue weighted by Gasteiger charge is 2.24. The molecular weight excluding hydrogens is 398 g/mol. The Kier molecular flexibility index (Phi) is 6.78. The van der Waals surface area contributed by atoms with Gasteiger partial charge in [0, 0.05) is 71.2 Å². The largest absolute Gasteiger partial charge is 0.481 e. The predicted molar refractivity (Wildman–Crippen MR) is 117 cm³/mol. The number of hydrogen-bond donors (Lipinski definition) is 1. The van der Waals surface area contributed by atoms with Gasteiger partial charge in [-0.15, -0.1) is 10.2 Å². The van der Waals surface area contributed by atoms with Crippen LogP contribution in [0.5, 0.6) is 5.88 Å². The van der Waals surface area contributed by atoms with Crippen LogP contribution in [-0.4, -0.2) is 109 Å². The molecule has 2 aliphatic heterocycles. The number of aliphatic hydroxyl groups excluding tert-OH is 1. The molecular formula is C21H29N7O3. The van der Waals surface area contributed by atoms with Gasteiger partial charge < -0.3 is 24.5 Å². The van der Waals surface area contributed by atoms with Crippen molar-refractivity contribution in [1.82, 2.24) is 25.0 Å². The number of piperazine rings is 2. The molecule has 2 saturated heterocycles. The van der Waals surface area contributed by atoms with E-state index in [1.54, 1.807) is 25.4 Å². The Morgan fingerprint density at radius 3 is 2.03 bits per heavy atom. The summed E-state index contributed by atoms with van der Waals surface area (Å²) in [7, 11) is 1.55. The number of rotatable bonds is 6. The van der Waals surface area contributed by atoms with Crippen molar-refractivity contribution in [3.8, 4) is 5.88 Å². The van der Waals surface area contributed by atoms with Crippen LogP contribution in [-0.2, 0) is 0 Å². The van der Waals surface area contributed by atoms with Crippen LogP contribution >= 0.6 is 0 Å². The van der Waals surface area contributed by atoms with Crippen molar-refractivity contribution in [2.45, 2.75) is 0 Å². The van der Waals surface area contributed by atoms with Crippen LogP contribution in [0.2, 0.25) is 0 Å². The van der Waals surface area contributed by atoms with Crippen LogP contribution in [0.1, 0.15) is 10.4 Å². The number of ether oxygens (including phenoxy) is 1. The minimum absolute atomic E-state index is 0.0171. The second-order valence-electron chi connectivity index (χ2n) is 7.67. The van der Waals surface area contributed by atoms with E-state index in [1.165, 1.54) is 0 Å². The van der Waals surface area contributed by atoms with Gasteiger partial charge in [-0.05, 0) is 18.2 Å². The molecule has 31 heavy (non-hydrogen) atoms. The second-order valence-corrected chi connectivity index (χ2v) is 7.67. The van der Waals surface area contributed by atoms with Crippen molar-refractivity contribution in [3.05, 3.63) is 36.0 Å². The molecule has 2 aromatic heterocycles. The van der Waals surface area contributed by atoms with Gasteiger partial charge in [0.25, 0.3) is 5.91 Å². The van der Waals surface area contributed by atoms with Crippen molar-refractivity contribution in [1.29, 1.82) is 0 Å². The molecule has 4 rings (SSSR count). The predicted octanol–water partition coefficient (Wildman–Crippen LogP) is -0.0431. The van der Waals surface area contributed by atoms with Gasteiger partial charge in [0.05, 0.1) is 19.3 Å². The lowest BCUT2D eigenvalue weighted by molar-refractivity contribution is 0.0746. The molecule has 2 fully saturated rings. The maximum absolute atomic E-state index is 12.7. The summed E-state index contributed by atoms with van der Waals surface area (Å²) in [5.41, 5.74) is 0.567. The average molecular weight is 428 g/mol. The number of nitrogens with zero attached hydrogens (tertiary/aromatic N) is 7. The molecule has 1 amide bonds. The van der Waals surface area contributed by atoms with Gasteiger partial charge in [0.1, 0.15) is 0 Å². The maximum atomic E-state index is 12.7. The highest BCUT2D eigenvalue weighted by Crippen LogP contribution is 2.19. The molecule has 0 atom stereocenters. The third-order valence-electron chi connectivity index (χ3n) is 5.83. The number of β-amino-alcohol motifs (C(OH)–C–C–N with tert-alkyl or cyclic N) is 1. The number of aliphatic hydroxyl groups is 1. The van der Waals surface area contributed by atoms with Crippen molar-refractivity contribution in [2.75, 3.05) is 82.4 Å². The van der Waals surface area contributed by atoms with Crippen LogP contribution in [0.25, 0.3) is 0 Å². The molecule has 10 heteroatoms. The molecule has 166 valence electrons. The summed E-state index contributed by atoms with van der Waals surface area (Å²) in [6.07, 6.45) is 1.56. The van der Waals surface area contributed by atoms with Crippen LogP contribution in [0.3, 0.4) is 0 Å². The molecule has 10 nitrogen and oxygen atoms in total. The monoisotopic (exact) mass is 427 g/mol. The minimum atomic E-state index is -0.0171. The molecule has 0 spiro atoms. The van der Waals surface area contributed by atoms with E-state index in [2.05, 4.69) is 29.9 Å². The molecule has 0 radical (unpaired) electrons. The average Bonchev–Trinajstić information content (AvgIpc) is 2.85. The Morgan fingerprint density at radius 1 is 0.935 bits per heavy atom. The number of carbonyl (C=O) groups excluding carboxylic acids is 1. The molecule has 1 N–H and O–H groups in total. The Bertz CT molecular complexity index is 846. The Hall–Kier alpha value is -2.98. The van der Waals surface area contributed by atoms with Crippen LogP contribution in [0, 0.1) is 0 Å². The molecule has 4 heterocycles. The molecule has 2 aliphatic rings. The summed E-state index contributed by atoms with van der Waals surface area (Å²) in [6.45, 7) is 7.21. The fraction of sp³-hybridized carbons (Fsp3) is 0.524. The first-order valence-electron chi connectivity index (χ1n) is 10.6. The van der Waals surface area contributed by atoms with E-state index in [-0.39, 0.29) is 12.5 Å². The van der Waals surface area contributed by atoms with E-state index in [1.807, 2.05) is 17.0 Å². The molecule has 0 bridgehead atoms. The standard InChI is InChI=1S/C21H29N7O3/c1-31-20-5-2-17(16-22-20)21(30)28-12-10-27(11-13-28)19-4-3-18(23-24-19)26-8-6-25(7-9-26)14-15-29/h2-5,16,29H,6-15H2,1H3. The number of amides is 1. The number of anilines is 2. The maximum Gasteiger partial charge on any atom is 0.255 e. The highest BCUT2D eigenvalue weighted by atomic mass is 16.5. The number of aromatic nitrogens is 3. The molecule has 0 aliphatic carbocycles. The molecule has 0 saturated carbocycles. The fourth-order valence-corrected chi connectivity index (χ4v) is 3.95. The van der Waals surface area contributed by atoms with E-state index >= 15 is 0 Å². The molecule has 0 aromatic carbocycles. The van der Waals surface area contributed by atoms with E-state index in [0.717, 1.165) is 44.4 Å². The molecule has 2 aromatic rings. The summed E-state index contributed by atoms with van der Waals surface area (Å²) < 4.78 is 5.05. The normalized spacial score (nSPS) is 17.7. The SMILES string of the molecule is COc1ccc(C(=O)N2CCN(c3ccc(N4CCN(CCO)CC4)nn3)CC2)cn1. The van der Waals surface area contributed by atoms with E-state index < -0.39 is 0 Å². The first-order chi connectivity index (χ1) is 15.2. The van der Waals surface area contributed by atoms with Gasteiger partial charge in [0.15, 0.2) is 11.6 Å². The van der Waals surface area contributed by atoms with Crippen LogP contribution < -0.4 is 14.5 Å². The lowest BCUT2D eigenvalue weighted by atomic mass is 10.2. The zero-order valence-corrected chi connectivity index (χ0v) is 17.9. The number of hydrogen-bond acceptors (Lipinski definition) is 9. The Labute approximate surface area is 182 Å². The first kappa shape index (κ1) is 21.3. The lowest BCUT2D eigenvalue weighted by Crippen LogP contribution is -2.49. The zero-order valence-electron chi connectivity index (χ0n) is 17.9. The van der Waals surface area contributed by atoms with Gasteiger partial charge >= 0.3 is 0 Å². The van der Waals surface area contributed by atoms with Gasteiger partial charge in [-0.2, -0.15) is 0 Å². The minimum Gasteiger partial charge on any atom is -0.481 e. The Morgan fingerprint density at radius 2 is 1.55 bits per heavy atom. The third-order valence-corrected chi connectivity index (χ3v) is 5.83. The van der Waals surface area contributed by atoms with E-state index in [0.29, 0.717) is 37.6 Å². The van der Waals surface area contributed by atoms with Crippen molar-refractivity contribution in [3.63, 3.8) is 0 Å². The lowest BCUT2D eigenvalue weighted by Gasteiger charge is -2.36. The van der Waals surface area contributed by atoms with Crippen LogP contribution in [0.15, 0.2) is 30.5 Å². The summed E-state index contributed by atoms with van der Waals surface area (Å²) in [5.74, 6) is 2.20. The summed E-state index contributed by atoms with van der Waals surface area (Å²) in [6, 6.07) is 7.47. The van der Waals surface area contributed by atoms with Gasteiger partial charge in [0.2, 0.25) is 5.88 Å². The number of pyridine rings is 1. The van der Waals surface area contributed by atoms with Crippen molar-refractivity contribution < 1.29 is 14.6 Å². The molecule has 0 unspecified atom stereocenters. The second kappa shape index (κ2) is 9.88. The quantitative estimate of drug-likeness (QED) is 0.681. The summed E-state index contributed by atoms with van der Waals surface area (Å²) in [5, 5.41) is 17.9. The van der Waals surface area contributed by atoms with Gasteiger partial charge in [-0.3, -0.25) is 9.69 Å². The third kappa shape index (κ3) is 5.02. The van der Waals surface area contributed by atoms with E-state index in [4.69, 9.17) is 9.84 Å². The van der Waals surface area contributed by atoms with Crippen molar-refractivity contribution >= 4 is 17.5 Å². The van der Waals surface area contributed by atoms with Crippen LogP contribution in [0.4, 0.5) is 11.6 Å². The fourth-order valence-electron chi connectivity index (χ4n) is 3.95. The number of methoxy groups -OCH3 is 1. The highest BCUT2D eigenvalue weighted by molar-refractivity contribution is 5.94. The van der Waals surface area contributed by atoms with Crippen molar-refractivity contribution in [2.24, 2.45) is 0 Å². The van der Waals surface area contributed by atoms with Gasteiger partial charge in [-0.25, -0.2) is 4.98 Å². The summed E-state index contributed by atoms with van der Waals surface area (Å²) in [4.78, 5) is 25.3. The number of carbonyl (C=O) groups is 1. The summed E-state index contributed by atoms with van der Waals surface area (Å²) >= 11 is 0. The van der Waals surface area contributed by atoms with Gasteiger partial charge in [-0.1, -0.05) is 0 Å². The smallest absolute Gasteiger partial charge is 0.255 e.